The summed E-state index contributed by atoms with van der Waals surface area (Å²) in [4.78, 5) is 17.5. The zero-order valence-electron chi connectivity index (χ0n) is 20.2. The van der Waals surface area contributed by atoms with Gasteiger partial charge in [0.1, 0.15) is 12.4 Å². The van der Waals surface area contributed by atoms with Crippen LogP contribution in [0.25, 0.3) is 11.0 Å². The first kappa shape index (κ1) is 24.1. The van der Waals surface area contributed by atoms with E-state index in [1.807, 2.05) is 85.8 Å². The van der Waals surface area contributed by atoms with Gasteiger partial charge in [0.2, 0.25) is 5.91 Å². The molecule has 0 aliphatic heterocycles. The standard InChI is InChI=1S/C29H31N3O3/c1-4-10-22-15-16-26(27(19-22)34-3)35-18-17-32-25-14-9-8-13-24(25)31-29(32)21(2)30-28(33)20-23-11-6-5-7-12-23/h4-9,11-16,19,21H,1,10,17-18,20H2,2-3H3,(H,30,33). The van der Waals surface area contributed by atoms with Crippen LogP contribution >= 0.6 is 0 Å². The van der Waals surface area contributed by atoms with Crippen molar-refractivity contribution in [2.45, 2.75) is 32.4 Å². The molecule has 6 heteroatoms. The van der Waals surface area contributed by atoms with Crippen molar-refractivity contribution in [3.8, 4) is 11.5 Å². The van der Waals surface area contributed by atoms with Gasteiger partial charge < -0.3 is 19.4 Å². The van der Waals surface area contributed by atoms with Gasteiger partial charge >= 0.3 is 0 Å². The summed E-state index contributed by atoms with van der Waals surface area (Å²) in [6, 6.07) is 23.4. The number of methoxy groups -OCH3 is 1. The number of hydrogen-bond donors (Lipinski definition) is 1. The minimum Gasteiger partial charge on any atom is -0.493 e. The molecule has 0 saturated carbocycles. The second-order valence-corrected chi connectivity index (χ2v) is 8.39. The van der Waals surface area contributed by atoms with E-state index in [0.717, 1.165) is 34.4 Å². The third-order valence-corrected chi connectivity index (χ3v) is 5.84. The van der Waals surface area contributed by atoms with Gasteiger partial charge in [-0.3, -0.25) is 4.79 Å². The van der Waals surface area contributed by atoms with Crippen molar-refractivity contribution in [3.63, 3.8) is 0 Å². The Morgan fingerprint density at radius 1 is 1.06 bits per heavy atom. The summed E-state index contributed by atoms with van der Waals surface area (Å²) in [7, 11) is 1.64. The predicted molar refractivity (Wildman–Crippen MR) is 139 cm³/mol. The molecule has 0 aliphatic rings. The van der Waals surface area contributed by atoms with Gasteiger partial charge in [0, 0.05) is 0 Å². The first-order chi connectivity index (χ1) is 17.1. The number of benzene rings is 3. The van der Waals surface area contributed by atoms with Gasteiger partial charge in [-0.2, -0.15) is 0 Å². The summed E-state index contributed by atoms with van der Waals surface area (Å²) in [6.07, 6.45) is 2.96. The monoisotopic (exact) mass is 469 g/mol. The van der Waals surface area contributed by atoms with Crippen LogP contribution in [0, 0.1) is 0 Å². The average molecular weight is 470 g/mol. The van der Waals surface area contributed by atoms with Gasteiger partial charge in [-0.15, -0.1) is 6.58 Å². The molecule has 1 N–H and O–H groups in total. The maximum absolute atomic E-state index is 12.7. The van der Waals surface area contributed by atoms with Crippen LogP contribution in [0.5, 0.6) is 11.5 Å². The number of carbonyl (C=O) groups is 1. The Kier molecular flexibility index (Phi) is 7.83. The van der Waals surface area contributed by atoms with Crippen molar-refractivity contribution in [1.82, 2.24) is 14.9 Å². The summed E-state index contributed by atoms with van der Waals surface area (Å²) >= 11 is 0. The van der Waals surface area contributed by atoms with Gasteiger partial charge in [-0.05, 0) is 48.7 Å². The highest BCUT2D eigenvalue weighted by atomic mass is 16.5. The van der Waals surface area contributed by atoms with E-state index in [0.29, 0.717) is 31.1 Å². The third-order valence-electron chi connectivity index (χ3n) is 5.84. The minimum absolute atomic E-state index is 0.0390. The Balaban J connectivity index is 1.49. The summed E-state index contributed by atoms with van der Waals surface area (Å²) in [6.45, 7) is 6.75. The highest BCUT2D eigenvalue weighted by Crippen LogP contribution is 2.29. The Bertz CT molecular complexity index is 1300. The molecule has 4 rings (SSSR count). The number of carbonyl (C=O) groups excluding carboxylic acids is 1. The molecule has 3 aromatic carbocycles. The van der Waals surface area contributed by atoms with Gasteiger partial charge in [-0.25, -0.2) is 4.98 Å². The van der Waals surface area contributed by atoms with Crippen molar-refractivity contribution in [3.05, 3.63) is 102 Å². The van der Waals surface area contributed by atoms with Gasteiger partial charge in [0.15, 0.2) is 11.5 Å². The van der Waals surface area contributed by atoms with Crippen LogP contribution in [0.4, 0.5) is 0 Å². The molecular formula is C29H31N3O3. The lowest BCUT2D eigenvalue weighted by Gasteiger charge is -2.17. The molecule has 0 bridgehead atoms. The molecule has 0 saturated heterocycles. The number of amides is 1. The normalized spacial score (nSPS) is 11.7. The van der Waals surface area contributed by atoms with Crippen molar-refractivity contribution >= 4 is 16.9 Å². The summed E-state index contributed by atoms with van der Waals surface area (Å²) in [5.41, 5.74) is 3.99. The van der Waals surface area contributed by atoms with E-state index in [9.17, 15) is 4.79 Å². The van der Waals surface area contributed by atoms with Crippen LogP contribution in [0.2, 0.25) is 0 Å². The molecule has 1 heterocycles. The number of allylic oxidation sites excluding steroid dienone is 1. The van der Waals surface area contributed by atoms with Crippen molar-refractivity contribution in [2.75, 3.05) is 13.7 Å². The van der Waals surface area contributed by atoms with Crippen molar-refractivity contribution in [1.29, 1.82) is 0 Å². The molecule has 6 nitrogen and oxygen atoms in total. The smallest absolute Gasteiger partial charge is 0.224 e. The third kappa shape index (κ3) is 5.90. The number of rotatable bonds is 11. The molecule has 180 valence electrons. The first-order valence-electron chi connectivity index (χ1n) is 11.8. The summed E-state index contributed by atoms with van der Waals surface area (Å²) in [5, 5.41) is 3.10. The Morgan fingerprint density at radius 2 is 1.83 bits per heavy atom. The summed E-state index contributed by atoms with van der Waals surface area (Å²) < 4.78 is 13.7. The first-order valence-corrected chi connectivity index (χ1v) is 11.8. The number of imidazole rings is 1. The van der Waals surface area contributed by atoms with Crippen LogP contribution in [0.1, 0.15) is 29.9 Å². The van der Waals surface area contributed by atoms with E-state index in [2.05, 4.69) is 16.5 Å². The second kappa shape index (κ2) is 11.4. The highest BCUT2D eigenvalue weighted by molar-refractivity contribution is 5.79. The Labute approximate surface area is 206 Å². The average Bonchev–Trinajstić information content (AvgIpc) is 3.24. The Morgan fingerprint density at radius 3 is 2.60 bits per heavy atom. The molecule has 0 radical (unpaired) electrons. The zero-order valence-corrected chi connectivity index (χ0v) is 20.2. The fourth-order valence-electron chi connectivity index (χ4n) is 4.17. The SMILES string of the molecule is C=CCc1ccc(OCCn2c(C(C)NC(=O)Cc3ccccc3)nc3ccccc32)c(OC)c1. The molecular weight excluding hydrogens is 438 g/mol. The molecule has 4 aromatic rings. The second-order valence-electron chi connectivity index (χ2n) is 8.39. The largest absolute Gasteiger partial charge is 0.493 e. The number of fused-ring (bicyclic) bond motifs is 1. The van der Waals surface area contributed by atoms with Crippen LogP contribution < -0.4 is 14.8 Å². The van der Waals surface area contributed by atoms with Crippen LogP contribution in [0.3, 0.4) is 0 Å². The maximum atomic E-state index is 12.7. The minimum atomic E-state index is -0.258. The number of hydrogen-bond acceptors (Lipinski definition) is 4. The molecule has 0 spiro atoms. The highest BCUT2D eigenvalue weighted by Gasteiger charge is 2.19. The molecule has 0 aliphatic carbocycles. The quantitative estimate of drug-likeness (QED) is 0.304. The number of para-hydroxylation sites is 2. The predicted octanol–water partition coefficient (Wildman–Crippen LogP) is 5.27. The lowest BCUT2D eigenvalue weighted by molar-refractivity contribution is -0.121. The molecule has 35 heavy (non-hydrogen) atoms. The summed E-state index contributed by atoms with van der Waals surface area (Å²) in [5.74, 6) is 2.14. The van der Waals surface area contributed by atoms with E-state index in [1.54, 1.807) is 7.11 Å². The molecule has 1 unspecified atom stereocenters. The fraction of sp³-hybridized carbons (Fsp3) is 0.241. The lowest BCUT2D eigenvalue weighted by atomic mass is 10.1. The number of nitrogens with zero attached hydrogens (tertiary/aromatic N) is 2. The zero-order chi connectivity index (χ0) is 24.6. The van der Waals surface area contributed by atoms with Gasteiger partial charge in [0.05, 0.1) is 37.2 Å². The van der Waals surface area contributed by atoms with E-state index in [-0.39, 0.29) is 11.9 Å². The number of nitrogens with one attached hydrogen (secondary N) is 1. The van der Waals surface area contributed by atoms with Crippen molar-refractivity contribution in [2.24, 2.45) is 0 Å². The number of aromatic nitrogens is 2. The molecule has 1 amide bonds. The van der Waals surface area contributed by atoms with Gasteiger partial charge in [-0.1, -0.05) is 54.6 Å². The Hall–Kier alpha value is -4.06. The molecule has 0 fully saturated rings. The van der Waals surface area contributed by atoms with Gasteiger partial charge in [0.25, 0.3) is 0 Å². The fourth-order valence-corrected chi connectivity index (χ4v) is 4.17. The van der Waals surface area contributed by atoms with Crippen LogP contribution in [-0.2, 0) is 24.2 Å². The van der Waals surface area contributed by atoms with Crippen LogP contribution in [0.15, 0.2) is 85.5 Å². The molecule has 1 aromatic heterocycles. The van der Waals surface area contributed by atoms with E-state index in [1.165, 1.54) is 0 Å². The van der Waals surface area contributed by atoms with E-state index < -0.39 is 0 Å². The topological polar surface area (TPSA) is 65.4 Å². The van der Waals surface area contributed by atoms with E-state index >= 15 is 0 Å². The van der Waals surface area contributed by atoms with E-state index in [4.69, 9.17) is 14.5 Å². The number of ether oxygens (including phenoxy) is 2. The van der Waals surface area contributed by atoms with Crippen LogP contribution in [-0.4, -0.2) is 29.2 Å². The lowest BCUT2D eigenvalue weighted by Crippen LogP contribution is -2.30. The van der Waals surface area contributed by atoms with Crippen molar-refractivity contribution < 1.29 is 14.3 Å². The molecule has 1 atom stereocenters. The maximum Gasteiger partial charge on any atom is 0.224 e.